The van der Waals surface area contributed by atoms with E-state index in [9.17, 15) is 4.79 Å². The van der Waals surface area contributed by atoms with Gasteiger partial charge in [0.2, 0.25) is 5.91 Å². The topological polar surface area (TPSA) is 68.0 Å². The zero-order chi connectivity index (χ0) is 14.1. The van der Waals surface area contributed by atoms with Gasteiger partial charge in [-0.15, -0.1) is 0 Å². The van der Waals surface area contributed by atoms with Crippen LogP contribution in [0.15, 0.2) is 30.5 Å². The van der Waals surface area contributed by atoms with Crippen LogP contribution in [0.2, 0.25) is 0 Å². The number of aryl methyl sites for hydroxylation is 1. The first-order chi connectivity index (χ1) is 9.65. The van der Waals surface area contributed by atoms with Crippen molar-refractivity contribution in [2.45, 2.75) is 32.2 Å². The molecule has 0 bridgehead atoms. The number of carbonyl (C=O) groups is 1. The van der Waals surface area contributed by atoms with E-state index in [1.165, 1.54) is 0 Å². The van der Waals surface area contributed by atoms with E-state index in [2.05, 4.69) is 10.3 Å². The Bertz CT molecular complexity index is 653. The zero-order valence-electron chi connectivity index (χ0n) is 11.6. The molecule has 0 saturated heterocycles. The van der Waals surface area contributed by atoms with Crippen molar-refractivity contribution < 1.29 is 4.79 Å². The van der Waals surface area contributed by atoms with Gasteiger partial charge < -0.3 is 11.1 Å². The maximum absolute atomic E-state index is 12.3. The predicted octanol–water partition coefficient (Wildman–Crippen LogP) is 2.61. The van der Waals surface area contributed by atoms with Crippen LogP contribution in [0.1, 0.15) is 24.8 Å². The molecule has 0 aliphatic heterocycles. The summed E-state index contributed by atoms with van der Waals surface area (Å²) in [6.07, 6.45) is 4.38. The van der Waals surface area contributed by atoms with E-state index in [0.29, 0.717) is 0 Å². The highest BCUT2D eigenvalue weighted by atomic mass is 16.1. The Labute approximate surface area is 118 Å². The third-order valence-corrected chi connectivity index (χ3v) is 4.07. The van der Waals surface area contributed by atoms with Crippen LogP contribution in [-0.2, 0) is 4.79 Å². The van der Waals surface area contributed by atoms with Crippen LogP contribution in [0.3, 0.4) is 0 Å². The van der Waals surface area contributed by atoms with Crippen LogP contribution in [0.4, 0.5) is 5.69 Å². The summed E-state index contributed by atoms with van der Waals surface area (Å²) in [6, 6.07) is 7.99. The Hall–Kier alpha value is -1.94. The molecule has 2 unspecified atom stereocenters. The first-order valence-corrected chi connectivity index (χ1v) is 7.06. The molecule has 1 amide bonds. The molecule has 1 aliphatic rings. The second kappa shape index (κ2) is 5.21. The first-order valence-electron chi connectivity index (χ1n) is 7.06. The minimum absolute atomic E-state index is 0.0398. The Morgan fingerprint density at radius 3 is 2.95 bits per heavy atom. The maximum atomic E-state index is 12.3. The highest BCUT2D eigenvalue weighted by molar-refractivity contribution is 6.02. The summed E-state index contributed by atoms with van der Waals surface area (Å²) < 4.78 is 0. The molecule has 1 heterocycles. The van der Waals surface area contributed by atoms with Gasteiger partial charge in [0.25, 0.3) is 0 Å². The van der Waals surface area contributed by atoms with Gasteiger partial charge >= 0.3 is 0 Å². The van der Waals surface area contributed by atoms with E-state index in [4.69, 9.17) is 5.73 Å². The van der Waals surface area contributed by atoms with Crippen LogP contribution < -0.4 is 11.1 Å². The molecule has 1 saturated carbocycles. The molecule has 3 N–H and O–H groups in total. The van der Waals surface area contributed by atoms with Gasteiger partial charge in [-0.25, -0.2) is 0 Å². The summed E-state index contributed by atoms with van der Waals surface area (Å²) in [5.74, 6) is 0.116. The summed E-state index contributed by atoms with van der Waals surface area (Å²) >= 11 is 0. The number of pyridine rings is 1. The lowest BCUT2D eigenvalue weighted by Crippen LogP contribution is -2.23. The summed E-state index contributed by atoms with van der Waals surface area (Å²) in [5, 5.41) is 4.03. The fourth-order valence-electron chi connectivity index (χ4n) is 2.91. The minimum atomic E-state index is 0.0398. The van der Waals surface area contributed by atoms with Gasteiger partial charge in [-0.1, -0.05) is 6.07 Å². The number of aromatic nitrogens is 1. The Morgan fingerprint density at radius 1 is 1.35 bits per heavy atom. The SMILES string of the molecule is Cc1ccc(NC(=O)C2CCC(N)C2)c2cccnc12. The third-order valence-electron chi connectivity index (χ3n) is 4.07. The second-order valence-corrected chi connectivity index (χ2v) is 5.59. The third kappa shape index (κ3) is 2.39. The van der Waals surface area contributed by atoms with Crippen molar-refractivity contribution in [2.75, 3.05) is 5.32 Å². The number of nitrogens with one attached hydrogen (secondary N) is 1. The molecule has 1 aromatic heterocycles. The van der Waals surface area contributed by atoms with Crippen molar-refractivity contribution in [1.29, 1.82) is 0 Å². The second-order valence-electron chi connectivity index (χ2n) is 5.59. The van der Waals surface area contributed by atoms with Crippen molar-refractivity contribution in [2.24, 2.45) is 11.7 Å². The van der Waals surface area contributed by atoms with Crippen LogP contribution in [-0.4, -0.2) is 16.9 Å². The van der Waals surface area contributed by atoms with Crippen LogP contribution in [0, 0.1) is 12.8 Å². The number of carbonyl (C=O) groups excluding carboxylic acids is 1. The van der Waals surface area contributed by atoms with Gasteiger partial charge in [-0.2, -0.15) is 0 Å². The van der Waals surface area contributed by atoms with Crippen LogP contribution in [0.5, 0.6) is 0 Å². The molecule has 4 heteroatoms. The Kier molecular flexibility index (Phi) is 3.40. The van der Waals surface area contributed by atoms with Crippen molar-refractivity contribution in [3.05, 3.63) is 36.0 Å². The minimum Gasteiger partial charge on any atom is -0.328 e. The molecule has 1 aliphatic carbocycles. The molecule has 3 rings (SSSR count). The highest BCUT2D eigenvalue weighted by Crippen LogP contribution is 2.28. The van der Waals surface area contributed by atoms with Crippen molar-refractivity contribution in [3.8, 4) is 0 Å². The van der Waals surface area contributed by atoms with Gasteiger partial charge in [0, 0.05) is 23.5 Å². The average molecular weight is 269 g/mol. The van der Waals surface area contributed by atoms with Gasteiger partial charge in [-0.05, 0) is 49.9 Å². The smallest absolute Gasteiger partial charge is 0.227 e. The molecule has 104 valence electrons. The Morgan fingerprint density at radius 2 is 2.20 bits per heavy atom. The molecular formula is C16H19N3O. The molecular weight excluding hydrogens is 250 g/mol. The standard InChI is InChI=1S/C16H19N3O/c1-10-4-7-14(13-3-2-8-18-15(10)13)19-16(20)11-5-6-12(17)9-11/h2-4,7-8,11-12H,5-6,9,17H2,1H3,(H,19,20). The summed E-state index contributed by atoms with van der Waals surface area (Å²) in [5.41, 5.74) is 8.76. The Balaban J connectivity index is 1.88. The van der Waals surface area contributed by atoms with Gasteiger partial charge in [0.15, 0.2) is 0 Å². The van der Waals surface area contributed by atoms with Gasteiger partial charge in [0.05, 0.1) is 11.2 Å². The van der Waals surface area contributed by atoms with E-state index < -0.39 is 0 Å². The van der Waals surface area contributed by atoms with E-state index >= 15 is 0 Å². The average Bonchev–Trinajstić information content (AvgIpc) is 2.89. The number of nitrogens with zero attached hydrogens (tertiary/aromatic N) is 1. The normalized spacial score (nSPS) is 22.1. The molecule has 1 aromatic carbocycles. The lowest BCUT2D eigenvalue weighted by atomic mass is 10.1. The molecule has 20 heavy (non-hydrogen) atoms. The summed E-state index contributed by atoms with van der Waals surface area (Å²) in [7, 11) is 0. The number of amides is 1. The monoisotopic (exact) mass is 269 g/mol. The van der Waals surface area contributed by atoms with Crippen LogP contribution >= 0.6 is 0 Å². The van der Waals surface area contributed by atoms with Crippen molar-refractivity contribution in [1.82, 2.24) is 4.98 Å². The fraction of sp³-hybridized carbons (Fsp3) is 0.375. The summed E-state index contributed by atoms with van der Waals surface area (Å²) in [4.78, 5) is 16.7. The van der Waals surface area contributed by atoms with Crippen LogP contribution in [0.25, 0.3) is 10.9 Å². The zero-order valence-corrected chi connectivity index (χ0v) is 11.6. The lowest BCUT2D eigenvalue weighted by Gasteiger charge is -2.13. The molecule has 4 nitrogen and oxygen atoms in total. The van der Waals surface area contributed by atoms with Crippen molar-refractivity contribution >= 4 is 22.5 Å². The number of hydrogen-bond donors (Lipinski definition) is 2. The van der Waals surface area contributed by atoms with Gasteiger partial charge in [-0.3, -0.25) is 9.78 Å². The quantitative estimate of drug-likeness (QED) is 0.880. The maximum Gasteiger partial charge on any atom is 0.227 e. The number of benzene rings is 1. The molecule has 2 atom stereocenters. The van der Waals surface area contributed by atoms with E-state index in [1.807, 2.05) is 31.2 Å². The summed E-state index contributed by atoms with van der Waals surface area (Å²) in [6.45, 7) is 2.02. The largest absolute Gasteiger partial charge is 0.328 e. The lowest BCUT2D eigenvalue weighted by molar-refractivity contribution is -0.119. The molecule has 2 aromatic rings. The fourth-order valence-corrected chi connectivity index (χ4v) is 2.91. The molecule has 1 fully saturated rings. The van der Waals surface area contributed by atoms with Crippen molar-refractivity contribution in [3.63, 3.8) is 0 Å². The number of nitrogens with two attached hydrogens (primary N) is 1. The number of fused-ring (bicyclic) bond motifs is 1. The molecule has 0 radical (unpaired) electrons. The number of hydrogen-bond acceptors (Lipinski definition) is 3. The number of rotatable bonds is 2. The molecule has 0 spiro atoms. The highest BCUT2D eigenvalue weighted by Gasteiger charge is 2.27. The first kappa shape index (κ1) is 13.1. The predicted molar refractivity (Wildman–Crippen MR) is 80.4 cm³/mol. The van der Waals surface area contributed by atoms with E-state index in [1.54, 1.807) is 6.20 Å². The van der Waals surface area contributed by atoms with E-state index in [0.717, 1.165) is 41.4 Å². The number of anilines is 1. The van der Waals surface area contributed by atoms with E-state index in [-0.39, 0.29) is 17.9 Å². The van der Waals surface area contributed by atoms with Gasteiger partial charge in [0.1, 0.15) is 0 Å².